The SMILES string of the molecule is COc1ccc(C(c2ccccc2)(c2ccc(OC)cc2)C(O)[C@H]2O[C@@H](n3cnc(NC(=O)COc4ccccc4)nc3=O)C[C@@H]2O)cc1. The summed E-state index contributed by atoms with van der Waals surface area (Å²) < 4.78 is 23.7. The summed E-state index contributed by atoms with van der Waals surface area (Å²) in [6, 6.07) is 33.0. The van der Waals surface area contributed by atoms with Gasteiger partial charge in [-0.2, -0.15) is 4.98 Å². The number of hydrogen-bond donors (Lipinski definition) is 3. The molecule has 1 aromatic heterocycles. The zero-order valence-electron chi connectivity index (χ0n) is 26.9. The molecule has 1 saturated heterocycles. The van der Waals surface area contributed by atoms with E-state index in [9.17, 15) is 19.8 Å². The number of nitrogens with zero attached hydrogens (tertiary/aromatic N) is 3. The highest BCUT2D eigenvalue weighted by Gasteiger charge is 2.52. The fraction of sp³-hybridized carbons (Fsp3) is 0.243. The number of benzene rings is 4. The van der Waals surface area contributed by atoms with Gasteiger partial charge in [0.15, 0.2) is 6.61 Å². The third kappa shape index (κ3) is 6.88. The zero-order chi connectivity index (χ0) is 34.4. The number of hydrogen-bond acceptors (Lipinski definition) is 10. The van der Waals surface area contributed by atoms with Crippen LogP contribution in [0.5, 0.6) is 17.2 Å². The lowest BCUT2D eigenvalue weighted by Gasteiger charge is -2.43. The summed E-state index contributed by atoms with van der Waals surface area (Å²) in [6.07, 6.45) is -3.55. The summed E-state index contributed by atoms with van der Waals surface area (Å²) in [5, 5.41) is 26.4. The molecule has 1 amide bonds. The van der Waals surface area contributed by atoms with Gasteiger partial charge in [-0.05, 0) is 53.1 Å². The number of rotatable bonds is 12. The Morgan fingerprint density at radius 2 is 1.43 bits per heavy atom. The normalized spacial score (nSPS) is 18.0. The molecule has 1 fully saturated rings. The molecule has 1 aliphatic rings. The minimum absolute atomic E-state index is 0.0301. The van der Waals surface area contributed by atoms with Crippen molar-refractivity contribution in [2.75, 3.05) is 26.1 Å². The monoisotopic (exact) mass is 664 g/mol. The molecule has 12 nitrogen and oxygen atoms in total. The molecule has 0 aliphatic carbocycles. The highest BCUT2D eigenvalue weighted by Crippen LogP contribution is 2.47. The second-order valence-electron chi connectivity index (χ2n) is 11.5. The first-order valence-corrected chi connectivity index (χ1v) is 15.6. The van der Waals surface area contributed by atoms with Crippen LogP contribution in [-0.4, -0.2) is 69.8 Å². The summed E-state index contributed by atoms with van der Waals surface area (Å²) in [7, 11) is 3.15. The van der Waals surface area contributed by atoms with Gasteiger partial charge in [-0.15, -0.1) is 0 Å². The second-order valence-corrected chi connectivity index (χ2v) is 11.5. The van der Waals surface area contributed by atoms with Crippen LogP contribution in [0.4, 0.5) is 5.95 Å². The van der Waals surface area contributed by atoms with Crippen molar-refractivity contribution >= 4 is 11.9 Å². The maximum Gasteiger partial charge on any atom is 0.354 e. The van der Waals surface area contributed by atoms with Gasteiger partial charge in [-0.3, -0.25) is 14.7 Å². The van der Waals surface area contributed by atoms with E-state index in [1.807, 2.05) is 84.9 Å². The van der Waals surface area contributed by atoms with Gasteiger partial charge < -0.3 is 29.2 Å². The molecule has 6 rings (SSSR count). The number of carbonyl (C=O) groups excluding carboxylic acids is 1. The average Bonchev–Trinajstić information content (AvgIpc) is 3.53. The van der Waals surface area contributed by atoms with Crippen LogP contribution in [0.15, 0.2) is 120 Å². The largest absolute Gasteiger partial charge is 0.497 e. The van der Waals surface area contributed by atoms with Crippen molar-refractivity contribution in [1.82, 2.24) is 14.5 Å². The van der Waals surface area contributed by atoms with Crippen molar-refractivity contribution in [3.8, 4) is 17.2 Å². The molecule has 5 aromatic rings. The highest BCUT2D eigenvalue weighted by atomic mass is 16.5. The number of aromatic nitrogens is 3. The number of nitrogens with one attached hydrogen (secondary N) is 1. The molecule has 49 heavy (non-hydrogen) atoms. The molecule has 252 valence electrons. The van der Waals surface area contributed by atoms with Crippen molar-refractivity contribution in [1.29, 1.82) is 0 Å². The quantitative estimate of drug-likeness (QED) is 0.168. The fourth-order valence-corrected chi connectivity index (χ4v) is 6.23. The maximum atomic E-state index is 13.1. The van der Waals surface area contributed by atoms with Crippen LogP contribution in [-0.2, 0) is 14.9 Å². The van der Waals surface area contributed by atoms with Crippen LogP contribution in [0, 0.1) is 0 Å². The van der Waals surface area contributed by atoms with E-state index in [0.29, 0.717) is 28.4 Å². The molecule has 1 aliphatic heterocycles. The average molecular weight is 665 g/mol. The smallest absolute Gasteiger partial charge is 0.354 e. The minimum Gasteiger partial charge on any atom is -0.497 e. The molecule has 0 radical (unpaired) electrons. The molecule has 12 heteroatoms. The van der Waals surface area contributed by atoms with Crippen LogP contribution >= 0.6 is 0 Å². The van der Waals surface area contributed by atoms with Crippen LogP contribution in [0.25, 0.3) is 0 Å². The summed E-state index contributed by atoms with van der Waals surface area (Å²) in [5.41, 5.74) is 0.161. The van der Waals surface area contributed by atoms with Gasteiger partial charge in [0.05, 0.1) is 25.7 Å². The van der Waals surface area contributed by atoms with E-state index >= 15 is 0 Å². The van der Waals surface area contributed by atoms with E-state index in [1.165, 1.54) is 6.33 Å². The number of carbonyl (C=O) groups is 1. The van der Waals surface area contributed by atoms with E-state index in [0.717, 1.165) is 10.1 Å². The molecule has 3 N–H and O–H groups in total. The Morgan fingerprint density at radius 3 is 1.98 bits per heavy atom. The van der Waals surface area contributed by atoms with Crippen LogP contribution in [0.3, 0.4) is 0 Å². The van der Waals surface area contributed by atoms with Gasteiger partial charge in [0.25, 0.3) is 5.91 Å². The molecular formula is C37H36N4O8. The van der Waals surface area contributed by atoms with Crippen molar-refractivity contribution < 1.29 is 34.0 Å². The summed E-state index contributed by atoms with van der Waals surface area (Å²) in [5.74, 6) is 1.02. The van der Waals surface area contributed by atoms with Crippen molar-refractivity contribution in [3.63, 3.8) is 0 Å². The molecule has 2 heterocycles. The number of aliphatic hydroxyl groups excluding tert-OH is 2. The van der Waals surface area contributed by atoms with Gasteiger partial charge in [0.1, 0.15) is 42.0 Å². The lowest BCUT2D eigenvalue weighted by Crippen LogP contribution is -2.51. The lowest BCUT2D eigenvalue weighted by atomic mass is 9.64. The number of ether oxygens (including phenoxy) is 4. The third-order valence-corrected chi connectivity index (χ3v) is 8.61. The lowest BCUT2D eigenvalue weighted by molar-refractivity contribution is -0.118. The molecule has 0 saturated carbocycles. The molecule has 0 bridgehead atoms. The van der Waals surface area contributed by atoms with Gasteiger partial charge in [-0.1, -0.05) is 72.8 Å². The summed E-state index contributed by atoms with van der Waals surface area (Å²) in [4.78, 5) is 33.5. The van der Waals surface area contributed by atoms with Gasteiger partial charge in [0, 0.05) is 6.42 Å². The summed E-state index contributed by atoms with van der Waals surface area (Å²) in [6.45, 7) is -0.306. The predicted octanol–water partition coefficient (Wildman–Crippen LogP) is 3.72. The van der Waals surface area contributed by atoms with E-state index in [1.54, 1.807) is 38.5 Å². The third-order valence-electron chi connectivity index (χ3n) is 8.61. The van der Waals surface area contributed by atoms with E-state index in [2.05, 4.69) is 15.3 Å². The topological polar surface area (TPSA) is 154 Å². The Hall–Kier alpha value is -5.56. The number of methoxy groups -OCH3 is 2. The first kappa shape index (κ1) is 33.3. The van der Waals surface area contributed by atoms with Crippen molar-refractivity contribution in [2.45, 2.75) is 36.4 Å². The minimum atomic E-state index is -1.36. The first-order valence-electron chi connectivity index (χ1n) is 15.6. The number of anilines is 1. The van der Waals surface area contributed by atoms with Crippen molar-refractivity contribution in [2.24, 2.45) is 0 Å². The Morgan fingerprint density at radius 1 is 0.878 bits per heavy atom. The number of para-hydroxylation sites is 1. The van der Waals surface area contributed by atoms with Gasteiger partial charge in [0.2, 0.25) is 5.95 Å². The molecule has 1 unspecified atom stereocenters. The predicted molar refractivity (Wildman–Crippen MR) is 180 cm³/mol. The standard InChI is InChI=1S/C37H36N4O8/c1-46-27-17-13-25(14-18-27)37(24-9-5-3-6-10-24,26-15-19-28(47-2)20-16-26)34(44)33-30(42)21-32(49-33)41-23-38-35(40-36(41)45)39-31(43)22-48-29-11-7-4-8-12-29/h3-20,23,30,32-34,42,44H,21-22H2,1-2H3,(H,39,40,43,45)/t30-,32+,33-,34?/m0/s1. The molecular weight excluding hydrogens is 628 g/mol. The van der Waals surface area contributed by atoms with Crippen LogP contribution < -0.4 is 25.2 Å². The van der Waals surface area contributed by atoms with Crippen LogP contribution in [0.1, 0.15) is 29.3 Å². The Bertz CT molecular complexity index is 1860. The number of amides is 1. The summed E-state index contributed by atoms with van der Waals surface area (Å²) >= 11 is 0. The van der Waals surface area contributed by atoms with Gasteiger partial charge in [-0.25, -0.2) is 9.78 Å². The zero-order valence-corrected chi connectivity index (χ0v) is 26.9. The Kier molecular flexibility index (Phi) is 10.00. The maximum absolute atomic E-state index is 13.1. The Labute approximate surface area is 282 Å². The Balaban J connectivity index is 1.30. The van der Waals surface area contributed by atoms with Crippen molar-refractivity contribution in [3.05, 3.63) is 143 Å². The second kappa shape index (κ2) is 14.7. The fourth-order valence-electron chi connectivity index (χ4n) is 6.23. The van der Waals surface area contributed by atoms with Gasteiger partial charge >= 0.3 is 5.69 Å². The first-order chi connectivity index (χ1) is 23.8. The molecule has 0 spiro atoms. The molecule has 4 aromatic carbocycles. The van der Waals surface area contributed by atoms with E-state index in [-0.39, 0.29) is 19.0 Å². The van der Waals surface area contributed by atoms with E-state index < -0.39 is 41.6 Å². The molecule has 4 atom stereocenters. The van der Waals surface area contributed by atoms with Crippen LogP contribution in [0.2, 0.25) is 0 Å². The highest BCUT2D eigenvalue weighted by molar-refractivity contribution is 5.90. The van der Waals surface area contributed by atoms with E-state index in [4.69, 9.17) is 18.9 Å². The number of aliphatic hydroxyl groups is 2.